The molecule has 0 aliphatic carbocycles. The summed E-state index contributed by atoms with van der Waals surface area (Å²) in [6.07, 6.45) is 0.191. The fourth-order valence-electron chi connectivity index (χ4n) is 2.33. The maximum atomic E-state index is 12.1. The minimum absolute atomic E-state index is 0.124. The van der Waals surface area contributed by atoms with Gasteiger partial charge in [0.15, 0.2) is 6.61 Å². The highest BCUT2D eigenvalue weighted by Crippen LogP contribution is 2.30. The van der Waals surface area contributed by atoms with E-state index in [1.54, 1.807) is 6.07 Å². The molecule has 0 saturated carbocycles. The van der Waals surface area contributed by atoms with Crippen molar-refractivity contribution in [2.45, 2.75) is 65.0 Å². The molecule has 2 N–H and O–H groups in total. The third-order valence-electron chi connectivity index (χ3n) is 3.63. The molecule has 0 aliphatic rings. The number of carbonyl (C=O) groups excluding carboxylic acids is 1. The highest BCUT2D eigenvalue weighted by molar-refractivity contribution is 5.84. The molecule has 1 atom stereocenters. The monoisotopic (exact) mass is 365 g/mol. The number of carbonyl (C=O) groups is 2. The zero-order valence-corrected chi connectivity index (χ0v) is 16.6. The van der Waals surface area contributed by atoms with Crippen molar-refractivity contribution >= 4 is 11.9 Å². The second-order valence-corrected chi connectivity index (χ2v) is 8.24. The number of carboxylic acid groups (broad SMARTS) is 1. The number of para-hydroxylation sites is 1. The molecule has 1 rings (SSSR count). The third-order valence-corrected chi connectivity index (χ3v) is 3.63. The van der Waals surface area contributed by atoms with E-state index >= 15 is 0 Å². The fourth-order valence-corrected chi connectivity index (χ4v) is 2.33. The van der Waals surface area contributed by atoms with Gasteiger partial charge in [0, 0.05) is 13.0 Å². The van der Waals surface area contributed by atoms with Crippen molar-refractivity contribution in [1.82, 2.24) is 5.32 Å². The Labute approximate surface area is 155 Å². The van der Waals surface area contributed by atoms with Gasteiger partial charge >= 0.3 is 5.97 Å². The average Bonchev–Trinajstić information content (AvgIpc) is 2.50. The lowest BCUT2D eigenvalue weighted by Crippen LogP contribution is -2.44. The summed E-state index contributed by atoms with van der Waals surface area (Å²) in [6, 6.07) is 6.51. The van der Waals surface area contributed by atoms with Gasteiger partial charge in [0.05, 0.1) is 5.60 Å². The average molecular weight is 365 g/mol. The van der Waals surface area contributed by atoms with Crippen molar-refractivity contribution in [2.75, 3.05) is 13.2 Å². The summed E-state index contributed by atoms with van der Waals surface area (Å²) in [4.78, 5) is 23.5. The highest BCUT2D eigenvalue weighted by Gasteiger charge is 2.22. The molecule has 0 spiro atoms. The number of hydrogen-bond acceptors (Lipinski definition) is 4. The Morgan fingerprint density at radius 1 is 1.12 bits per heavy atom. The minimum atomic E-state index is -1.09. The molecule has 6 nitrogen and oxygen atoms in total. The normalized spacial score (nSPS) is 13.2. The van der Waals surface area contributed by atoms with Crippen LogP contribution in [0.5, 0.6) is 5.75 Å². The Bertz CT molecular complexity index is 613. The number of ether oxygens (including phenoxy) is 2. The number of carboxylic acids is 1. The second kappa shape index (κ2) is 9.03. The van der Waals surface area contributed by atoms with Crippen LogP contribution in [0.3, 0.4) is 0 Å². The van der Waals surface area contributed by atoms with E-state index in [-0.39, 0.29) is 30.7 Å². The number of amides is 1. The van der Waals surface area contributed by atoms with Gasteiger partial charge in [-0.05, 0) is 37.8 Å². The first kappa shape index (κ1) is 22.0. The molecule has 0 saturated heterocycles. The van der Waals surface area contributed by atoms with E-state index in [2.05, 4.69) is 26.1 Å². The van der Waals surface area contributed by atoms with Crippen LogP contribution in [0.4, 0.5) is 0 Å². The van der Waals surface area contributed by atoms with Crippen LogP contribution in [0, 0.1) is 0 Å². The van der Waals surface area contributed by atoms with E-state index in [1.807, 2.05) is 39.0 Å². The lowest BCUT2D eigenvalue weighted by molar-refractivity contribution is -0.143. The lowest BCUT2D eigenvalue weighted by atomic mass is 9.86. The topological polar surface area (TPSA) is 84.9 Å². The Balaban J connectivity index is 2.61. The predicted molar refractivity (Wildman–Crippen MR) is 101 cm³/mol. The Morgan fingerprint density at radius 2 is 1.73 bits per heavy atom. The molecule has 0 aliphatic heterocycles. The third kappa shape index (κ3) is 7.87. The van der Waals surface area contributed by atoms with Crippen LogP contribution in [0.2, 0.25) is 0 Å². The molecule has 0 fully saturated rings. The van der Waals surface area contributed by atoms with Crippen LogP contribution in [0.15, 0.2) is 24.3 Å². The Hall–Kier alpha value is -2.08. The maximum absolute atomic E-state index is 12.1. The molecule has 0 aromatic heterocycles. The fraction of sp³-hybridized carbons (Fsp3) is 0.600. The molecular formula is C20H31NO5. The molecule has 1 aromatic carbocycles. The van der Waals surface area contributed by atoms with Gasteiger partial charge in [0.2, 0.25) is 0 Å². The van der Waals surface area contributed by atoms with Gasteiger partial charge < -0.3 is 19.9 Å². The smallest absolute Gasteiger partial charge is 0.326 e. The van der Waals surface area contributed by atoms with E-state index in [4.69, 9.17) is 9.47 Å². The first-order valence-electron chi connectivity index (χ1n) is 8.78. The van der Waals surface area contributed by atoms with Gasteiger partial charge in [-0.3, -0.25) is 4.79 Å². The van der Waals surface area contributed by atoms with Gasteiger partial charge in [0.1, 0.15) is 11.8 Å². The zero-order chi connectivity index (χ0) is 20.0. The van der Waals surface area contributed by atoms with Crippen molar-refractivity contribution in [3.05, 3.63) is 29.8 Å². The van der Waals surface area contributed by atoms with Gasteiger partial charge in [-0.1, -0.05) is 39.0 Å². The molecular weight excluding hydrogens is 334 g/mol. The van der Waals surface area contributed by atoms with Crippen molar-refractivity contribution in [3.63, 3.8) is 0 Å². The summed E-state index contributed by atoms with van der Waals surface area (Å²) in [5, 5.41) is 11.8. The minimum Gasteiger partial charge on any atom is -0.483 e. The van der Waals surface area contributed by atoms with Crippen LogP contribution in [-0.2, 0) is 19.7 Å². The SMILES string of the molecule is CC(C)(C)OCCC(NC(=O)COc1ccccc1C(C)(C)C)C(=O)O. The molecule has 26 heavy (non-hydrogen) atoms. The number of benzene rings is 1. The van der Waals surface area contributed by atoms with Gasteiger partial charge in [-0.2, -0.15) is 0 Å². The van der Waals surface area contributed by atoms with E-state index in [0.717, 1.165) is 5.56 Å². The summed E-state index contributed by atoms with van der Waals surface area (Å²) in [6.45, 7) is 11.9. The van der Waals surface area contributed by atoms with E-state index in [1.165, 1.54) is 0 Å². The van der Waals surface area contributed by atoms with Crippen LogP contribution in [-0.4, -0.2) is 41.8 Å². The van der Waals surface area contributed by atoms with Crippen molar-refractivity contribution in [3.8, 4) is 5.75 Å². The van der Waals surface area contributed by atoms with E-state index < -0.39 is 17.9 Å². The van der Waals surface area contributed by atoms with Crippen molar-refractivity contribution < 1.29 is 24.2 Å². The number of aliphatic carboxylic acids is 1. The predicted octanol–water partition coefficient (Wildman–Crippen LogP) is 3.14. The highest BCUT2D eigenvalue weighted by atomic mass is 16.5. The van der Waals surface area contributed by atoms with Gasteiger partial charge in [-0.15, -0.1) is 0 Å². The quantitative estimate of drug-likeness (QED) is 0.739. The number of nitrogens with one attached hydrogen (secondary N) is 1. The van der Waals surface area contributed by atoms with E-state index in [0.29, 0.717) is 5.75 Å². The van der Waals surface area contributed by atoms with Crippen LogP contribution in [0.1, 0.15) is 53.5 Å². The molecule has 0 heterocycles. The summed E-state index contributed by atoms with van der Waals surface area (Å²) >= 11 is 0. The van der Waals surface area contributed by atoms with Crippen LogP contribution >= 0.6 is 0 Å². The Morgan fingerprint density at radius 3 is 2.27 bits per heavy atom. The molecule has 6 heteroatoms. The van der Waals surface area contributed by atoms with Crippen LogP contribution in [0.25, 0.3) is 0 Å². The number of hydrogen-bond donors (Lipinski definition) is 2. The van der Waals surface area contributed by atoms with Crippen molar-refractivity contribution in [1.29, 1.82) is 0 Å². The summed E-state index contributed by atoms with van der Waals surface area (Å²) in [7, 11) is 0. The lowest BCUT2D eigenvalue weighted by Gasteiger charge is -2.23. The van der Waals surface area contributed by atoms with Crippen LogP contribution < -0.4 is 10.1 Å². The molecule has 1 amide bonds. The van der Waals surface area contributed by atoms with E-state index in [9.17, 15) is 14.7 Å². The van der Waals surface area contributed by atoms with Gasteiger partial charge in [-0.25, -0.2) is 4.79 Å². The molecule has 1 aromatic rings. The molecule has 0 radical (unpaired) electrons. The first-order valence-corrected chi connectivity index (χ1v) is 8.78. The zero-order valence-electron chi connectivity index (χ0n) is 16.6. The second-order valence-electron chi connectivity index (χ2n) is 8.24. The molecule has 146 valence electrons. The first-order chi connectivity index (χ1) is 11.9. The standard InChI is InChI=1S/C20H31NO5/c1-19(2,3)14-9-7-8-10-16(14)25-13-17(22)21-15(18(23)24)11-12-26-20(4,5)6/h7-10,15H,11-13H2,1-6H3,(H,21,22)(H,23,24). The maximum Gasteiger partial charge on any atom is 0.326 e. The Kier molecular flexibility index (Phi) is 7.63. The summed E-state index contributed by atoms with van der Waals surface area (Å²) < 4.78 is 11.2. The summed E-state index contributed by atoms with van der Waals surface area (Å²) in [5.41, 5.74) is 0.509. The van der Waals surface area contributed by atoms with Crippen molar-refractivity contribution in [2.24, 2.45) is 0 Å². The number of rotatable bonds is 8. The molecule has 0 bridgehead atoms. The summed E-state index contributed by atoms with van der Waals surface area (Å²) in [5.74, 6) is -0.944. The van der Waals surface area contributed by atoms with Gasteiger partial charge in [0.25, 0.3) is 5.91 Å². The largest absolute Gasteiger partial charge is 0.483 e. The molecule has 1 unspecified atom stereocenters.